The van der Waals surface area contributed by atoms with Gasteiger partial charge in [0, 0.05) is 48.7 Å². The molecule has 0 aliphatic heterocycles. The molecule has 0 atom stereocenters. The average molecular weight is 403 g/mol. The summed E-state index contributed by atoms with van der Waals surface area (Å²) in [6, 6.07) is 15.8. The van der Waals surface area contributed by atoms with Gasteiger partial charge in [-0.05, 0) is 75.2 Å². The van der Waals surface area contributed by atoms with E-state index in [-0.39, 0.29) is 11.6 Å². The van der Waals surface area contributed by atoms with Gasteiger partial charge < -0.3 is 9.80 Å². The number of carbonyl (C=O) groups excluding carboxylic acids is 2. The van der Waals surface area contributed by atoms with Crippen LogP contribution in [-0.2, 0) is 9.59 Å². The fraction of sp³-hybridized carbons (Fsp3) is 0.308. The predicted molar refractivity (Wildman–Crippen MR) is 126 cm³/mol. The van der Waals surface area contributed by atoms with Crippen LogP contribution < -0.4 is 9.80 Å². The fourth-order valence-corrected chi connectivity index (χ4v) is 3.99. The molecule has 0 amide bonds. The number of rotatable bonds is 8. The van der Waals surface area contributed by atoms with E-state index >= 15 is 0 Å². The molecular formula is C26H30N2O2. The summed E-state index contributed by atoms with van der Waals surface area (Å²) in [5, 5.41) is 0. The number of allylic oxidation sites excluding steroid dienone is 4. The van der Waals surface area contributed by atoms with Gasteiger partial charge in [0.05, 0.1) is 0 Å². The van der Waals surface area contributed by atoms with Gasteiger partial charge in [-0.15, -0.1) is 0 Å². The Morgan fingerprint density at radius 2 is 0.833 bits per heavy atom. The highest BCUT2D eigenvalue weighted by atomic mass is 16.1. The van der Waals surface area contributed by atoms with E-state index in [0.717, 1.165) is 48.7 Å². The molecule has 0 saturated carbocycles. The van der Waals surface area contributed by atoms with Crippen molar-refractivity contribution in [2.45, 2.75) is 27.7 Å². The van der Waals surface area contributed by atoms with E-state index in [1.54, 1.807) is 0 Å². The Labute approximate surface area is 179 Å². The van der Waals surface area contributed by atoms with E-state index < -0.39 is 0 Å². The second-order valence-electron chi connectivity index (χ2n) is 7.25. The van der Waals surface area contributed by atoms with Crippen LogP contribution in [0.1, 0.15) is 38.8 Å². The fourth-order valence-electron chi connectivity index (χ4n) is 3.99. The first-order chi connectivity index (χ1) is 14.5. The van der Waals surface area contributed by atoms with Gasteiger partial charge in [-0.2, -0.15) is 0 Å². The Hall–Kier alpha value is -3.14. The zero-order valence-electron chi connectivity index (χ0n) is 18.3. The van der Waals surface area contributed by atoms with Gasteiger partial charge in [-0.3, -0.25) is 9.59 Å². The van der Waals surface area contributed by atoms with Crippen molar-refractivity contribution in [3.8, 4) is 0 Å². The normalized spacial score (nSPS) is 13.7. The summed E-state index contributed by atoms with van der Waals surface area (Å²) in [6.45, 7) is 12.2. The Balaban J connectivity index is 2.05. The predicted octanol–water partition coefficient (Wildman–Crippen LogP) is 5.00. The van der Waals surface area contributed by atoms with Crippen molar-refractivity contribution in [2.75, 3.05) is 36.0 Å². The third-order valence-corrected chi connectivity index (χ3v) is 5.70. The first-order valence-corrected chi connectivity index (χ1v) is 10.8. The van der Waals surface area contributed by atoms with Crippen molar-refractivity contribution in [3.05, 3.63) is 71.8 Å². The molecule has 1 aliphatic carbocycles. The molecule has 0 aromatic heterocycles. The molecule has 0 radical (unpaired) electrons. The molecule has 0 saturated heterocycles. The van der Waals surface area contributed by atoms with Gasteiger partial charge in [0.2, 0.25) is 0 Å². The minimum atomic E-state index is -0.131. The Kier molecular flexibility index (Phi) is 6.88. The molecule has 1 aliphatic rings. The highest BCUT2D eigenvalue weighted by Crippen LogP contribution is 2.33. The van der Waals surface area contributed by atoms with Crippen molar-refractivity contribution in [2.24, 2.45) is 0 Å². The third kappa shape index (κ3) is 4.23. The minimum absolute atomic E-state index is 0.131. The number of nitrogens with zero attached hydrogens (tertiary/aromatic N) is 2. The van der Waals surface area contributed by atoms with Crippen molar-refractivity contribution in [1.29, 1.82) is 0 Å². The van der Waals surface area contributed by atoms with Gasteiger partial charge in [0.1, 0.15) is 0 Å². The van der Waals surface area contributed by atoms with E-state index in [9.17, 15) is 9.59 Å². The molecule has 0 bridgehead atoms. The second kappa shape index (κ2) is 9.57. The van der Waals surface area contributed by atoms with E-state index in [1.165, 1.54) is 12.2 Å². The van der Waals surface area contributed by atoms with Gasteiger partial charge in [-0.1, -0.05) is 24.3 Å². The molecule has 2 aromatic carbocycles. The molecule has 4 nitrogen and oxygen atoms in total. The van der Waals surface area contributed by atoms with Crippen LogP contribution in [0.5, 0.6) is 0 Å². The van der Waals surface area contributed by atoms with Crippen LogP contribution in [0.15, 0.2) is 60.7 Å². The quantitative estimate of drug-likeness (QED) is 0.583. The number of hydrogen-bond acceptors (Lipinski definition) is 4. The Bertz CT molecular complexity index is 882. The summed E-state index contributed by atoms with van der Waals surface area (Å²) in [7, 11) is 0. The molecule has 0 spiro atoms. The van der Waals surface area contributed by atoms with Gasteiger partial charge in [-0.25, -0.2) is 0 Å². The van der Waals surface area contributed by atoms with E-state index in [1.807, 2.05) is 48.5 Å². The SMILES string of the molecule is CCN(CC)c1ccc(C2=C(c3ccc(N(CC)CC)cc3)C(=O)C=CC2=O)cc1. The maximum atomic E-state index is 12.8. The molecule has 3 rings (SSSR count). The van der Waals surface area contributed by atoms with E-state index in [0.29, 0.717) is 11.1 Å². The number of ketones is 2. The zero-order chi connectivity index (χ0) is 21.7. The molecule has 4 heteroatoms. The number of carbonyl (C=O) groups is 2. The maximum absolute atomic E-state index is 12.8. The lowest BCUT2D eigenvalue weighted by atomic mass is 9.85. The number of anilines is 2. The smallest absolute Gasteiger partial charge is 0.187 e. The van der Waals surface area contributed by atoms with E-state index in [2.05, 4.69) is 37.5 Å². The van der Waals surface area contributed by atoms with Gasteiger partial charge >= 0.3 is 0 Å². The lowest BCUT2D eigenvalue weighted by molar-refractivity contribution is -0.112. The summed E-state index contributed by atoms with van der Waals surface area (Å²) in [5.74, 6) is -0.263. The van der Waals surface area contributed by atoms with Crippen molar-refractivity contribution in [3.63, 3.8) is 0 Å². The topological polar surface area (TPSA) is 40.6 Å². The number of benzene rings is 2. The van der Waals surface area contributed by atoms with Gasteiger partial charge in [0.15, 0.2) is 11.6 Å². The molecule has 156 valence electrons. The van der Waals surface area contributed by atoms with Crippen molar-refractivity contribution in [1.82, 2.24) is 0 Å². The van der Waals surface area contributed by atoms with Crippen LogP contribution in [0.25, 0.3) is 11.1 Å². The maximum Gasteiger partial charge on any atom is 0.187 e. The lowest BCUT2D eigenvalue weighted by Crippen LogP contribution is -2.22. The molecule has 30 heavy (non-hydrogen) atoms. The van der Waals surface area contributed by atoms with Crippen LogP contribution in [0.3, 0.4) is 0 Å². The standard InChI is InChI=1S/C26H30N2O2/c1-5-27(6-2)21-13-9-19(10-14-21)25-23(29)17-18-24(30)26(25)20-11-15-22(16-12-20)28(7-3)8-4/h9-18H,5-8H2,1-4H3. The highest BCUT2D eigenvalue weighted by Gasteiger charge is 2.25. The summed E-state index contributed by atoms with van der Waals surface area (Å²) in [5.41, 5.74) is 4.72. The summed E-state index contributed by atoms with van der Waals surface area (Å²) < 4.78 is 0. The van der Waals surface area contributed by atoms with Crippen LogP contribution >= 0.6 is 0 Å². The first-order valence-electron chi connectivity index (χ1n) is 10.8. The third-order valence-electron chi connectivity index (χ3n) is 5.70. The number of hydrogen-bond donors (Lipinski definition) is 0. The minimum Gasteiger partial charge on any atom is -0.372 e. The summed E-state index contributed by atoms with van der Waals surface area (Å²) >= 11 is 0. The van der Waals surface area contributed by atoms with Crippen LogP contribution in [0.4, 0.5) is 11.4 Å². The Morgan fingerprint density at radius 3 is 1.10 bits per heavy atom. The lowest BCUT2D eigenvalue weighted by Gasteiger charge is -2.23. The van der Waals surface area contributed by atoms with Crippen LogP contribution in [-0.4, -0.2) is 37.7 Å². The van der Waals surface area contributed by atoms with E-state index in [4.69, 9.17) is 0 Å². The largest absolute Gasteiger partial charge is 0.372 e. The molecule has 0 heterocycles. The Morgan fingerprint density at radius 1 is 0.533 bits per heavy atom. The van der Waals surface area contributed by atoms with Crippen molar-refractivity contribution < 1.29 is 9.59 Å². The molecule has 0 unspecified atom stereocenters. The highest BCUT2D eigenvalue weighted by molar-refractivity contribution is 6.48. The van der Waals surface area contributed by atoms with Crippen molar-refractivity contribution >= 4 is 34.1 Å². The molecule has 0 N–H and O–H groups in total. The average Bonchev–Trinajstić information content (AvgIpc) is 2.78. The second-order valence-corrected chi connectivity index (χ2v) is 7.25. The summed E-state index contributed by atoms with van der Waals surface area (Å²) in [6.07, 6.45) is 2.76. The molecular weight excluding hydrogens is 372 g/mol. The van der Waals surface area contributed by atoms with Crippen LogP contribution in [0, 0.1) is 0 Å². The summed E-state index contributed by atoms with van der Waals surface area (Å²) in [4.78, 5) is 30.1. The van der Waals surface area contributed by atoms with Crippen LogP contribution in [0.2, 0.25) is 0 Å². The first kappa shape index (κ1) is 21.6. The van der Waals surface area contributed by atoms with Gasteiger partial charge in [0.25, 0.3) is 0 Å². The molecule has 0 fully saturated rings. The zero-order valence-corrected chi connectivity index (χ0v) is 18.3. The molecule has 2 aromatic rings. The monoisotopic (exact) mass is 402 g/mol.